The minimum absolute atomic E-state index is 0. The van der Waals surface area contributed by atoms with Crippen molar-refractivity contribution < 1.29 is 36.1 Å². The minimum atomic E-state index is -5.44. The van der Waals surface area contributed by atoms with Crippen LogP contribution >= 0.6 is 34.8 Å². The Balaban J connectivity index is 0.00000420. The van der Waals surface area contributed by atoms with E-state index >= 15 is 0 Å². The molecule has 0 saturated heterocycles. The predicted octanol–water partition coefficient (Wildman–Crippen LogP) is 4.88. The van der Waals surface area contributed by atoms with E-state index < -0.39 is 61.0 Å². The second-order valence-electron chi connectivity index (χ2n) is 4.88. The van der Waals surface area contributed by atoms with E-state index in [1.807, 2.05) is 0 Å². The molecule has 0 unspecified atom stereocenters. The van der Waals surface area contributed by atoms with Gasteiger partial charge >= 0.3 is 23.9 Å². The second-order valence-corrected chi connectivity index (χ2v) is 6.04. The van der Waals surface area contributed by atoms with Crippen LogP contribution in [-0.2, 0) is 11.0 Å². The number of halogens is 9. The third-order valence-corrected chi connectivity index (χ3v) is 4.23. The molecule has 0 aliphatic rings. The average Bonchev–Trinajstić information content (AvgIpc) is 2.92. The first kappa shape index (κ1) is 25.8. The Labute approximate surface area is 193 Å². The standard InChI is InChI=1S/C12H3Cl3F6N4O3.Na/c13-4-1-3(11(16,17)18)6(14)7(15)8(4)24-9(5(2-22-24)25(27)28)23-10(26)12(19,20)21;/h1-2H,(H,23,26);. The monoisotopic (exact) mass is 493 g/mol. The second kappa shape index (κ2) is 8.86. The van der Waals surface area contributed by atoms with E-state index in [-0.39, 0.29) is 34.2 Å². The fourth-order valence-corrected chi connectivity index (χ4v) is 2.79. The molecule has 29 heavy (non-hydrogen) atoms. The van der Waals surface area contributed by atoms with Gasteiger partial charge in [-0.05, 0) is 6.07 Å². The largest absolute Gasteiger partial charge is 0.471 e. The fraction of sp³-hybridized carbons (Fsp3) is 0.167. The molecule has 153 valence electrons. The van der Waals surface area contributed by atoms with Crippen molar-refractivity contribution in [2.75, 3.05) is 5.32 Å². The molecule has 1 amide bonds. The van der Waals surface area contributed by atoms with Crippen molar-refractivity contribution in [3.05, 3.63) is 43.0 Å². The van der Waals surface area contributed by atoms with E-state index in [9.17, 15) is 41.3 Å². The zero-order valence-corrected chi connectivity index (χ0v) is 17.9. The van der Waals surface area contributed by atoms with Crippen LogP contribution in [0.15, 0.2) is 12.3 Å². The van der Waals surface area contributed by atoms with Gasteiger partial charge in [-0.1, -0.05) is 34.8 Å². The molecule has 0 aliphatic carbocycles. The number of carbonyl (C=O) groups is 1. The SMILES string of the molecule is O=C(Nc1c([N+](=O)[O-])cnn1-c1c(Cl)cc(C(F)(F)F)c(Cl)c1Cl)C(F)(F)F.[Na]. The van der Waals surface area contributed by atoms with Crippen LogP contribution in [-0.4, -0.2) is 56.3 Å². The molecule has 0 bridgehead atoms. The van der Waals surface area contributed by atoms with Crippen molar-refractivity contribution >= 4 is 81.8 Å². The molecule has 2 rings (SSSR count). The molecule has 1 N–H and O–H groups in total. The summed E-state index contributed by atoms with van der Waals surface area (Å²) in [5.74, 6) is -3.76. The molecule has 7 nitrogen and oxygen atoms in total. The number of nitro groups is 1. The van der Waals surface area contributed by atoms with Gasteiger partial charge in [-0.25, -0.2) is 4.68 Å². The summed E-state index contributed by atoms with van der Waals surface area (Å²) in [4.78, 5) is 21.0. The normalized spacial score (nSPS) is 11.8. The van der Waals surface area contributed by atoms with Gasteiger partial charge in [0.2, 0.25) is 5.82 Å². The van der Waals surface area contributed by atoms with E-state index in [0.29, 0.717) is 12.3 Å². The number of nitrogens with zero attached hydrogens (tertiary/aromatic N) is 3. The molecule has 1 heterocycles. The summed E-state index contributed by atoms with van der Waals surface area (Å²) in [6.45, 7) is 0. The molecule has 0 aliphatic heterocycles. The summed E-state index contributed by atoms with van der Waals surface area (Å²) < 4.78 is 76.6. The van der Waals surface area contributed by atoms with E-state index in [1.165, 1.54) is 5.32 Å². The number of anilines is 1. The van der Waals surface area contributed by atoms with Crippen molar-refractivity contribution in [1.82, 2.24) is 9.78 Å². The van der Waals surface area contributed by atoms with Crippen molar-refractivity contribution in [2.45, 2.75) is 12.4 Å². The molecule has 2 aromatic rings. The zero-order valence-electron chi connectivity index (χ0n) is 13.6. The molecule has 1 aromatic carbocycles. The average molecular weight is 495 g/mol. The van der Waals surface area contributed by atoms with Gasteiger partial charge in [-0.2, -0.15) is 31.4 Å². The van der Waals surface area contributed by atoms with E-state index in [2.05, 4.69) is 5.10 Å². The molecule has 0 saturated carbocycles. The van der Waals surface area contributed by atoms with Crippen LogP contribution in [0, 0.1) is 10.1 Å². The first-order valence-electron chi connectivity index (χ1n) is 6.52. The van der Waals surface area contributed by atoms with Crippen LogP contribution in [0.5, 0.6) is 0 Å². The summed E-state index contributed by atoms with van der Waals surface area (Å²) in [6.07, 6.45) is -9.98. The Kier molecular flexibility index (Phi) is 7.88. The van der Waals surface area contributed by atoms with E-state index in [0.717, 1.165) is 0 Å². The van der Waals surface area contributed by atoms with Gasteiger partial charge in [0.15, 0.2) is 0 Å². The predicted molar refractivity (Wildman–Crippen MR) is 90.7 cm³/mol. The van der Waals surface area contributed by atoms with Crippen molar-refractivity contribution in [3.8, 4) is 5.69 Å². The summed E-state index contributed by atoms with van der Waals surface area (Å²) >= 11 is 17.0. The summed E-state index contributed by atoms with van der Waals surface area (Å²) in [6, 6.07) is 0.300. The van der Waals surface area contributed by atoms with Crippen molar-refractivity contribution in [3.63, 3.8) is 0 Å². The van der Waals surface area contributed by atoms with Crippen molar-refractivity contribution in [2.24, 2.45) is 0 Å². The van der Waals surface area contributed by atoms with Gasteiger partial charge in [0.05, 0.1) is 25.6 Å². The number of alkyl halides is 6. The van der Waals surface area contributed by atoms with Crippen LogP contribution in [0.2, 0.25) is 15.1 Å². The maximum atomic E-state index is 12.9. The van der Waals surface area contributed by atoms with Gasteiger partial charge in [-0.3, -0.25) is 20.2 Å². The Bertz CT molecular complexity index is 979. The Hall–Kier alpha value is -1.25. The quantitative estimate of drug-likeness (QED) is 0.217. The van der Waals surface area contributed by atoms with E-state index in [4.69, 9.17) is 34.8 Å². The topological polar surface area (TPSA) is 90.1 Å². The first-order valence-corrected chi connectivity index (χ1v) is 7.65. The number of aromatic nitrogens is 2. The number of hydrogen-bond acceptors (Lipinski definition) is 4. The molecule has 0 spiro atoms. The molecular formula is C12H3Cl3F6N4NaO3. The third-order valence-electron chi connectivity index (χ3n) is 3.09. The van der Waals surface area contributed by atoms with Crippen LogP contribution < -0.4 is 5.32 Å². The molecular weight excluding hydrogens is 491 g/mol. The number of carbonyl (C=O) groups excluding carboxylic acids is 1. The number of nitrogens with one attached hydrogen (secondary N) is 1. The Morgan fingerprint density at radius 2 is 1.69 bits per heavy atom. The number of amides is 1. The third kappa shape index (κ3) is 5.27. The summed E-state index contributed by atoms with van der Waals surface area (Å²) in [5.41, 5.74) is -3.29. The smallest absolute Gasteiger partial charge is 0.297 e. The van der Waals surface area contributed by atoms with Gasteiger partial charge in [-0.15, -0.1) is 0 Å². The maximum absolute atomic E-state index is 12.9. The van der Waals surface area contributed by atoms with Crippen molar-refractivity contribution in [1.29, 1.82) is 0 Å². The van der Waals surface area contributed by atoms with Gasteiger partial charge in [0.25, 0.3) is 0 Å². The minimum Gasteiger partial charge on any atom is -0.297 e. The molecule has 0 atom stereocenters. The van der Waals surface area contributed by atoms with E-state index in [1.54, 1.807) is 0 Å². The number of rotatable bonds is 3. The zero-order chi connectivity index (χ0) is 21.6. The fourth-order valence-electron chi connectivity index (χ4n) is 1.92. The van der Waals surface area contributed by atoms with Crippen LogP contribution in [0.25, 0.3) is 5.69 Å². The Morgan fingerprint density at radius 1 is 1.14 bits per heavy atom. The Morgan fingerprint density at radius 3 is 2.14 bits per heavy atom. The first-order chi connectivity index (χ1) is 12.7. The van der Waals surface area contributed by atoms with Crippen LogP contribution in [0.1, 0.15) is 5.56 Å². The van der Waals surface area contributed by atoms with Gasteiger partial charge in [0, 0.05) is 29.6 Å². The maximum Gasteiger partial charge on any atom is 0.471 e. The number of benzene rings is 1. The summed E-state index contributed by atoms with van der Waals surface area (Å²) in [7, 11) is 0. The van der Waals surface area contributed by atoms with Gasteiger partial charge < -0.3 is 0 Å². The molecule has 17 heteroatoms. The number of hydrogen-bond donors (Lipinski definition) is 1. The molecule has 1 radical (unpaired) electrons. The molecule has 0 fully saturated rings. The van der Waals surface area contributed by atoms with Crippen LogP contribution in [0.4, 0.5) is 37.8 Å². The van der Waals surface area contributed by atoms with Gasteiger partial charge in [0.1, 0.15) is 11.9 Å². The summed E-state index contributed by atoms with van der Waals surface area (Å²) in [5, 5.41) is 12.8. The molecule has 1 aromatic heterocycles. The van der Waals surface area contributed by atoms with Crippen LogP contribution in [0.3, 0.4) is 0 Å².